The number of hydrogen-bond donors (Lipinski definition) is 1. The van der Waals surface area contributed by atoms with Crippen molar-refractivity contribution in [2.75, 3.05) is 0 Å². The molecule has 2 aromatic rings. The van der Waals surface area contributed by atoms with Crippen molar-refractivity contribution in [3.8, 4) is 0 Å². The van der Waals surface area contributed by atoms with E-state index in [0.29, 0.717) is 12.6 Å². The zero-order valence-electron chi connectivity index (χ0n) is 9.78. The number of aryl methyl sites for hydroxylation is 1. The number of hydrogen-bond acceptors (Lipinski definition) is 4. The van der Waals surface area contributed by atoms with Crippen molar-refractivity contribution < 1.29 is 27.6 Å². The Hall–Kier alpha value is -2.12. The summed E-state index contributed by atoms with van der Waals surface area (Å²) in [5, 5.41) is 12.0. The Bertz CT molecular complexity index is 634. The van der Waals surface area contributed by atoms with Gasteiger partial charge in [-0.15, -0.1) is 0 Å². The van der Waals surface area contributed by atoms with Crippen molar-refractivity contribution in [1.82, 2.24) is 10.1 Å². The van der Waals surface area contributed by atoms with Crippen LogP contribution in [0, 0.1) is 0 Å². The molecule has 0 aliphatic rings. The van der Waals surface area contributed by atoms with E-state index in [1.54, 1.807) is 6.92 Å². The van der Waals surface area contributed by atoms with Gasteiger partial charge in [-0.1, -0.05) is 18.5 Å². The standard InChI is InChI=1S/C11H9F3N2O3/c1-2-3-6-7-8(11(12,13)14)5(10(17)18)4-15-9(7)19-16-6/h4H,2-3H2,1H3,(H,17,18). The van der Waals surface area contributed by atoms with Crippen LogP contribution in [0.2, 0.25) is 0 Å². The highest BCUT2D eigenvalue weighted by Crippen LogP contribution is 2.38. The molecule has 0 spiro atoms. The number of fused-ring (bicyclic) bond motifs is 1. The SMILES string of the molecule is CCCc1noc2ncc(C(=O)O)c(C(F)(F)F)c12. The Morgan fingerprint density at radius 3 is 2.68 bits per heavy atom. The van der Waals surface area contributed by atoms with Crippen LogP contribution in [-0.2, 0) is 12.6 Å². The fourth-order valence-electron chi connectivity index (χ4n) is 1.84. The molecule has 5 nitrogen and oxygen atoms in total. The lowest BCUT2D eigenvalue weighted by Gasteiger charge is -2.10. The molecule has 0 aliphatic heterocycles. The van der Waals surface area contributed by atoms with Crippen molar-refractivity contribution in [3.63, 3.8) is 0 Å². The van der Waals surface area contributed by atoms with Gasteiger partial charge in [0.1, 0.15) is 0 Å². The molecular weight excluding hydrogens is 265 g/mol. The molecule has 0 bridgehead atoms. The van der Waals surface area contributed by atoms with E-state index in [4.69, 9.17) is 9.63 Å². The molecule has 2 rings (SSSR count). The number of carboxylic acids is 1. The number of pyridine rings is 1. The number of aromatic nitrogens is 2. The highest BCUT2D eigenvalue weighted by Gasteiger charge is 2.39. The summed E-state index contributed by atoms with van der Waals surface area (Å²) < 4.78 is 43.9. The van der Waals surface area contributed by atoms with E-state index >= 15 is 0 Å². The molecule has 0 unspecified atom stereocenters. The average molecular weight is 274 g/mol. The van der Waals surface area contributed by atoms with Crippen LogP contribution in [-0.4, -0.2) is 21.2 Å². The first-order valence-electron chi connectivity index (χ1n) is 5.44. The second-order valence-corrected chi connectivity index (χ2v) is 3.91. The molecular formula is C11H9F3N2O3. The predicted octanol–water partition coefficient (Wildman–Crippen LogP) is 2.89. The van der Waals surface area contributed by atoms with Crippen LogP contribution >= 0.6 is 0 Å². The van der Waals surface area contributed by atoms with Crippen LogP contribution in [0.25, 0.3) is 11.1 Å². The molecule has 0 fully saturated rings. The summed E-state index contributed by atoms with van der Waals surface area (Å²) in [6.07, 6.45) is -3.38. The van der Waals surface area contributed by atoms with Crippen LogP contribution in [0.4, 0.5) is 13.2 Å². The van der Waals surface area contributed by atoms with Gasteiger partial charge in [-0.2, -0.15) is 13.2 Å². The summed E-state index contributed by atoms with van der Waals surface area (Å²) >= 11 is 0. The van der Waals surface area contributed by atoms with Crippen LogP contribution < -0.4 is 0 Å². The molecule has 19 heavy (non-hydrogen) atoms. The summed E-state index contributed by atoms with van der Waals surface area (Å²) in [6.45, 7) is 1.77. The molecule has 0 atom stereocenters. The first kappa shape index (κ1) is 13.3. The second kappa shape index (κ2) is 4.52. The second-order valence-electron chi connectivity index (χ2n) is 3.91. The molecule has 8 heteroatoms. The smallest absolute Gasteiger partial charge is 0.418 e. The van der Waals surface area contributed by atoms with E-state index < -0.39 is 23.3 Å². The van der Waals surface area contributed by atoms with Crippen LogP contribution in [0.5, 0.6) is 0 Å². The highest BCUT2D eigenvalue weighted by atomic mass is 19.4. The van der Waals surface area contributed by atoms with Crippen LogP contribution in [0.15, 0.2) is 10.7 Å². The first-order valence-corrected chi connectivity index (χ1v) is 5.44. The number of halogens is 3. The summed E-state index contributed by atoms with van der Waals surface area (Å²) in [7, 11) is 0. The van der Waals surface area contributed by atoms with Crippen LogP contribution in [0.1, 0.15) is 35.0 Å². The number of alkyl halides is 3. The summed E-state index contributed by atoms with van der Waals surface area (Å²) in [5.74, 6) is -1.69. The Balaban J connectivity index is 2.85. The van der Waals surface area contributed by atoms with E-state index in [2.05, 4.69) is 10.1 Å². The van der Waals surface area contributed by atoms with E-state index in [1.165, 1.54) is 0 Å². The summed E-state index contributed by atoms with van der Waals surface area (Å²) in [6, 6.07) is 0. The molecule has 0 radical (unpaired) electrons. The first-order chi connectivity index (χ1) is 8.86. The maximum atomic E-state index is 13.1. The maximum absolute atomic E-state index is 13.1. The molecule has 2 heterocycles. The summed E-state index contributed by atoms with van der Waals surface area (Å²) in [5.41, 5.74) is -2.39. The Labute approximate surface area is 105 Å². The van der Waals surface area contributed by atoms with Gasteiger partial charge in [0.2, 0.25) is 0 Å². The van der Waals surface area contributed by atoms with Gasteiger partial charge in [0.05, 0.1) is 22.2 Å². The van der Waals surface area contributed by atoms with Gasteiger partial charge < -0.3 is 9.63 Å². The van der Waals surface area contributed by atoms with Gasteiger partial charge in [-0.25, -0.2) is 9.78 Å². The van der Waals surface area contributed by atoms with Gasteiger partial charge in [0.25, 0.3) is 5.71 Å². The zero-order valence-corrected chi connectivity index (χ0v) is 9.78. The van der Waals surface area contributed by atoms with E-state index in [1.807, 2.05) is 0 Å². The molecule has 2 aromatic heterocycles. The molecule has 0 aromatic carbocycles. The third-order valence-corrected chi connectivity index (χ3v) is 2.58. The molecule has 0 aliphatic carbocycles. The van der Waals surface area contributed by atoms with Crippen LogP contribution in [0.3, 0.4) is 0 Å². The van der Waals surface area contributed by atoms with Gasteiger partial charge in [-0.05, 0) is 6.42 Å². The number of carboxylic acid groups (broad SMARTS) is 1. The fourth-order valence-corrected chi connectivity index (χ4v) is 1.84. The van der Waals surface area contributed by atoms with Crippen molar-refractivity contribution in [3.05, 3.63) is 23.0 Å². The molecule has 1 N–H and O–H groups in total. The van der Waals surface area contributed by atoms with Crippen molar-refractivity contribution in [2.24, 2.45) is 0 Å². The lowest BCUT2D eigenvalue weighted by Crippen LogP contribution is -2.14. The third-order valence-electron chi connectivity index (χ3n) is 2.58. The maximum Gasteiger partial charge on any atom is 0.418 e. The number of rotatable bonds is 3. The lowest BCUT2D eigenvalue weighted by atomic mass is 10.0. The van der Waals surface area contributed by atoms with Gasteiger partial charge in [0.15, 0.2) is 0 Å². The minimum Gasteiger partial charge on any atom is -0.478 e. The van der Waals surface area contributed by atoms with Crippen molar-refractivity contribution in [1.29, 1.82) is 0 Å². The Kier molecular flexibility index (Phi) is 3.17. The minimum atomic E-state index is -4.82. The monoisotopic (exact) mass is 274 g/mol. The van der Waals surface area contributed by atoms with Gasteiger partial charge in [0, 0.05) is 6.20 Å². The van der Waals surface area contributed by atoms with E-state index in [-0.39, 0.29) is 23.2 Å². The lowest BCUT2D eigenvalue weighted by molar-refractivity contribution is -0.136. The topological polar surface area (TPSA) is 76.2 Å². The quantitative estimate of drug-likeness (QED) is 0.931. The minimum absolute atomic E-state index is 0.0698. The fraction of sp³-hybridized carbons (Fsp3) is 0.364. The third kappa shape index (κ3) is 2.25. The number of nitrogens with zero attached hydrogens (tertiary/aromatic N) is 2. The molecule has 102 valence electrons. The number of aromatic carboxylic acids is 1. The Morgan fingerprint density at radius 2 is 2.16 bits per heavy atom. The highest BCUT2D eigenvalue weighted by molar-refractivity contribution is 5.96. The molecule has 0 saturated carbocycles. The normalized spacial score (nSPS) is 12.0. The average Bonchev–Trinajstić information content (AvgIpc) is 2.70. The zero-order chi connectivity index (χ0) is 14.2. The van der Waals surface area contributed by atoms with E-state index in [0.717, 1.165) is 0 Å². The molecule has 0 saturated heterocycles. The molecule has 0 amide bonds. The van der Waals surface area contributed by atoms with Gasteiger partial charge in [-0.3, -0.25) is 0 Å². The van der Waals surface area contributed by atoms with Crippen molar-refractivity contribution in [2.45, 2.75) is 25.9 Å². The van der Waals surface area contributed by atoms with Crippen molar-refractivity contribution >= 4 is 17.1 Å². The predicted molar refractivity (Wildman–Crippen MR) is 57.8 cm³/mol. The Morgan fingerprint density at radius 1 is 1.47 bits per heavy atom. The summed E-state index contributed by atoms with van der Waals surface area (Å²) in [4.78, 5) is 14.5. The van der Waals surface area contributed by atoms with Gasteiger partial charge >= 0.3 is 12.1 Å². The number of carbonyl (C=O) groups is 1. The largest absolute Gasteiger partial charge is 0.478 e. The van der Waals surface area contributed by atoms with E-state index in [9.17, 15) is 18.0 Å².